The fraction of sp³-hybridized carbons (Fsp3) is 0.200. The van der Waals surface area contributed by atoms with Gasteiger partial charge in [0.05, 0.1) is 17.0 Å². The number of hydrogen-bond acceptors (Lipinski definition) is 6. The van der Waals surface area contributed by atoms with E-state index in [1.165, 1.54) is 19.2 Å². The van der Waals surface area contributed by atoms with Crippen molar-refractivity contribution in [3.8, 4) is 0 Å². The van der Waals surface area contributed by atoms with Gasteiger partial charge in [-0.25, -0.2) is 17.6 Å². The summed E-state index contributed by atoms with van der Waals surface area (Å²) in [4.78, 5) is 23.2. The van der Waals surface area contributed by atoms with Crippen LogP contribution in [-0.2, 0) is 17.1 Å². The van der Waals surface area contributed by atoms with Gasteiger partial charge in [0.2, 0.25) is 10.0 Å². The molecule has 11 heteroatoms. The number of hydrogen-bond donors (Lipinski definition) is 2. The number of nitrogens with one attached hydrogen (secondary N) is 2. The summed E-state index contributed by atoms with van der Waals surface area (Å²) in [5, 5.41) is 10.3. The quantitative estimate of drug-likeness (QED) is 0.603. The first-order chi connectivity index (χ1) is 12.3. The fourth-order valence-corrected chi connectivity index (χ4v) is 3.19. The van der Waals surface area contributed by atoms with Crippen molar-refractivity contribution in [3.63, 3.8) is 0 Å². The lowest BCUT2D eigenvalue weighted by atomic mass is 10.3. The second-order valence-corrected chi connectivity index (χ2v) is 7.32. The number of nitrogens with zero attached hydrogens (tertiary/aromatic N) is 4. The molecule has 0 unspecified atom stereocenters. The molecule has 3 heterocycles. The number of carbonyl (C=O) groups excluding carboxylic acids is 1. The van der Waals surface area contributed by atoms with Crippen molar-refractivity contribution in [2.75, 3.05) is 17.0 Å². The van der Waals surface area contributed by atoms with Crippen LogP contribution in [0.1, 0.15) is 10.5 Å². The Morgan fingerprint density at radius 2 is 2.04 bits per heavy atom. The number of aromatic nitrogens is 4. The molecular weight excluding hydrogens is 360 g/mol. The molecule has 0 aromatic carbocycles. The maximum atomic E-state index is 12.1. The topological polar surface area (TPSA) is 127 Å². The van der Waals surface area contributed by atoms with Crippen LogP contribution in [0.2, 0.25) is 0 Å². The zero-order chi connectivity index (χ0) is 18.7. The van der Waals surface area contributed by atoms with Crippen LogP contribution < -0.4 is 15.6 Å². The van der Waals surface area contributed by atoms with E-state index in [2.05, 4.69) is 20.2 Å². The molecule has 3 aromatic rings. The minimum Gasteiger partial charge on any atom is -0.350 e. The van der Waals surface area contributed by atoms with Crippen molar-refractivity contribution in [1.29, 1.82) is 0 Å². The lowest BCUT2D eigenvalue weighted by Gasteiger charge is -2.09. The molecule has 10 nitrogen and oxygen atoms in total. The third kappa shape index (κ3) is 4.06. The molecule has 0 bridgehead atoms. The van der Waals surface area contributed by atoms with E-state index in [0.717, 1.165) is 10.2 Å². The molecule has 136 valence electrons. The SMILES string of the molecule is Cn1nc(C(=O)NCCS(=O)(=O)Nc2ccn3nccc3c2)ccc1=O. The second-order valence-electron chi connectivity index (χ2n) is 5.47. The maximum absolute atomic E-state index is 12.1. The predicted molar refractivity (Wildman–Crippen MR) is 94.4 cm³/mol. The van der Waals surface area contributed by atoms with E-state index in [1.807, 2.05) is 0 Å². The minimum atomic E-state index is -3.65. The number of anilines is 1. The third-order valence-corrected chi connectivity index (χ3v) is 4.81. The van der Waals surface area contributed by atoms with Gasteiger partial charge in [-0.15, -0.1) is 0 Å². The van der Waals surface area contributed by atoms with E-state index in [9.17, 15) is 18.0 Å². The van der Waals surface area contributed by atoms with E-state index in [0.29, 0.717) is 5.69 Å². The molecule has 0 aliphatic carbocycles. The van der Waals surface area contributed by atoms with Gasteiger partial charge in [-0.3, -0.25) is 14.3 Å². The fourth-order valence-electron chi connectivity index (χ4n) is 2.23. The molecule has 0 fully saturated rings. The highest BCUT2D eigenvalue weighted by Crippen LogP contribution is 2.12. The molecule has 0 aliphatic rings. The van der Waals surface area contributed by atoms with Crippen LogP contribution >= 0.6 is 0 Å². The first kappa shape index (κ1) is 17.6. The van der Waals surface area contributed by atoms with Crippen LogP contribution in [0.4, 0.5) is 5.69 Å². The van der Waals surface area contributed by atoms with Gasteiger partial charge in [0.25, 0.3) is 11.5 Å². The highest BCUT2D eigenvalue weighted by molar-refractivity contribution is 7.92. The van der Waals surface area contributed by atoms with Crippen molar-refractivity contribution in [3.05, 3.63) is 58.8 Å². The Morgan fingerprint density at radius 1 is 1.23 bits per heavy atom. The monoisotopic (exact) mass is 376 g/mol. The molecule has 2 N–H and O–H groups in total. The minimum absolute atomic E-state index is 0.0311. The standard InChI is InChI=1S/C15H16N6O4S/c1-20-14(22)3-2-13(18-20)15(23)16-7-9-26(24,25)19-11-5-8-21-12(10-11)4-6-17-21/h2-6,8,10,19H,7,9H2,1H3,(H,16,23). The van der Waals surface area contributed by atoms with Crippen LogP contribution in [0.25, 0.3) is 5.52 Å². The van der Waals surface area contributed by atoms with Crippen LogP contribution in [-0.4, -0.2) is 46.0 Å². The van der Waals surface area contributed by atoms with Crippen LogP contribution in [0.15, 0.2) is 47.5 Å². The smallest absolute Gasteiger partial charge is 0.271 e. The summed E-state index contributed by atoms with van der Waals surface area (Å²) < 4.78 is 29.4. The summed E-state index contributed by atoms with van der Waals surface area (Å²) in [6.07, 6.45) is 3.25. The molecule has 3 aromatic heterocycles. The number of carbonyl (C=O) groups is 1. The molecule has 0 radical (unpaired) electrons. The third-order valence-electron chi connectivity index (χ3n) is 3.52. The first-order valence-electron chi connectivity index (χ1n) is 7.60. The van der Waals surface area contributed by atoms with Crippen LogP contribution in [0.5, 0.6) is 0 Å². The normalized spacial score (nSPS) is 11.4. The molecule has 0 saturated heterocycles. The molecule has 0 saturated carbocycles. The Morgan fingerprint density at radius 3 is 2.81 bits per heavy atom. The van der Waals surface area contributed by atoms with E-state index in [4.69, 9.17) is 0 Å². The first-order valence-corrected chi connectivity index (χ1v) is 9.26. The summed E-state index contributed by atoms with van der Waals surface area (Å²) in [5.41, 5.74) is 0.843. The molecule has 3 rings (SSSR count). The van der Waals surface area contributed by atoms with Gasteiger partial charge in [-0.2, -0.15) is 10.2 Å². The van der Waals surface area contributed by atoms with E-state index >= 15 is 0 Å². The predicted octanol–water partition coefficient (Wildman–Crippen LogP) is -0.400. The van der Waals surface area contributed by atoms with E-state index in [1.54, 1.807) is 35.1 Å². The maximum Gasteiger partial charge on any atom is 0.271 e. The van der Waals surface area contributed by atoms with Crippen LogP contribution in [0.3, 0.4) is 0 Å². The highest BCUT2D eigenvalue weighted by atomic mass is 32.2. The molecule has 0 spiro atoms. The lowest BCUT2D eigenvalue weighted by molar-refractivity contribution is 0.0949. The summed E-state index contributed by atoms with van der Waals surface area (Å²) >= 11 is 0. The van der Waals surface area contributed by atoms with Gasteiger partial charge < -0.3 is 5.32 Å². The largest absolute Gasteiger partial charge is 0.350 e. The average molecular weight is 376 g/mol. The zero-order valence-corrected chi connectivity index (χ0v) is 14.6. The second kappa shape index (κ2) is 6.96. The molecule has 1 amide bonds. The molecule has 26 heavy (non-hydrogen) atoms. The average Bonchev–Trinajstić information content (AvgIpc) is 3.04. The number of fused-ring (bicyclic) bond motifs is 1. The van der Waals surface area contributed by atoms with Gasteiger partial charge in [-0.05, 0) is 24.3 Å². The summed E-state index contributed by atoms with van der Waals surface area (Å²) in [5.74, 6) is -0.869. The van der Waals surface area contributed by atoms with E-state index < -0.39 is 15.9 Å². The lowest BCUT2D eigenvalue weighted by Crippen LogP contribution is -2.33. The number of sulfonamides is 1. The van der Waals surface area contributed by atoms with Crippen molar-refractivity contribution in [2.45, 2.75) is 0 Å². The van der Waals surface area contributed by atoms with Crippen molar-refractivity contribution in [2.24, 2.45) is 7.05 Å². The summed E-state index contributed by atoms with van der Waals surface area (Å²) in [6.45, 7) is -0.104. The molecule has 0 atom stereocenters. The van der Waals surface area contributed by atoms with Gasteiger partial charge >= 0.3 is 0 Å². The van der Waals surface area contributed by atoms with Crippen molar-refractivity contribution < 1.29 is 13.2 Å². The number of amides is 1. The van der Waals surface area contributed by atoms with Gasteiger partial charge in [0.1, 0.15) is 5.69 Å². The molecule has 0 aliphatic heterocycles. The van der Waals surface area contributed by atoms with Crippen molar-refractivity contribution in [1.82, 2.24) is 24.7 Å². The Labute approximate surface area is 148 Å². The van der Waals surface area contributed by atoms with E-state index in [-0.39, 0.29) is 23.6 Å². The van der Waals surface area contributed by atoms with Crippen molar-refractivity contribution >= 4 is 27.1 Å². The Kier molecular flexibility index (Phi) is 4.71. The van der Waals surface area contributed by atoms with Gasteiger partial charge in [0, 0.05) is 32.1 Å². The number of aryl methyl sites for hydroxylation is 1. The summed E-state index contributed by atoms with van der Waals surface area (Å²) in [6, 6.07) is 7.48. The Balaban J connectivity index is 1.58. The Bertz CT molecular complexity index is 1120. The summed E-state index contributed by atoms with van der Waals surface area (Å²) in [7, 11) is -2.23. The zero-order valence-electron chi connectivity index (χ0n) is 13.8. The molecular formula is C15H16N6O4S. The highest BCUT2D eigenvalue weighted by Gasteiger charge is 2.13. The van der Waals surface area contributed by atoms with Crippen LogP contribution in [0, 0.1) is 0 Å². The van der Waals surface area contributed by atoms with Gasteiger partial charge in [-0.1, -0.05) is 0 Å². The Hall–Kier alpha value is -3.21. The number of pyridine rings is 1. The van der Waals surface area contributed by atoms with Gasteiger partial charge in [0.15, 0.2) is 0 Å². The number of rotatable bonds is 6.